The topological polar surface area (TPSA) is 41.7 Å². The first-order chi connectivity index (χ1) is 11.2. The van der Waals surface area contributed by atoms with E-state index in [0.717, 1.165) is 44.2 Å². The van der Waals surface area contributed by atoms with Crippen LogP contribution >= 0.6 is 0 Å². The minimum atomic E-state index is -0.288. The van der Waals surface area contributed by atoms with Crippen molar-refractivity contribution < 1.29 is 9.13 Å². The molecule has 0 amide bonds. The zero-order valence-corrected chi connectivity index (χ0v) is 13.3. The molecule has 0 unspecified atom stereocenters. The third-order valence-electron chi connectivity index (χ3n) is 4.27. The lowest BCUT2D eigenvalue weighted by Crippen LogP contribution is -2.46. The highest BCUT2D eigenvalue weighted by molar-refractivity contribution is 5.67. The van der Waals surface area contributed by atoms with Crippen LogP contribution in [0.1, 0.15) is 5.56 Å². The van der Waals surface area contributed by atoms with Crippen LogP contribution in [0.3, 0.4) is 0 Å². The molecular formula is C18H22FN3O. The van der Waals surface area contributed by atoms with Gasteiger partial charge in [-0.3, -0.25) is 4.90 Å². The van der Waals surface area contributed by atoms with Crippen LogP contribution in [0, 0.1) is 5.82 Å². The molecule has 1 saturated heterocycles. The van der Waals surface area contributed by atoms with Gasteiger partial charge < -0.3 is 15.4 Å². The van der Waals surface area contributed by atoms with Gasteiger partial charge in [-0.2, -0.15) is 0 Å². The standard InChI is InChI=1S/C18H22FN3O/c1-23-16-5-2-14(3-6-16)13-21-8-10-22(11-9-21)18-7-4-15(19)12-17(18)20/h2-7,12H,8-11,13,20H2,1H3. The van der Waals surface area contributed by atoms with E-state index >= 15 is 0 Å². The molecule has 3 rings (SSSR count). The van der Waals surface area contributed by atoms with Gasteiger partial charge in [0.2, 0.25) is 0 Å². The number of nitrogens with zero attached hydrogens (tertiary/aromatic N) is 2. The second-order valence-corrected chi connectivity index (χ2v) is 5.81. The summed E-state index contributed by atoms with van der Waals surface area (Å²) in [6, 6.07) is 12.8. The average Bonchev–Trinajstić information content (AvgIpc) is 2.57. The van der Waals surface area contributed by atoms with E-state index in [4.69, 9.17) is 10.5 Å². The Hall–Kier alpha value is -2.27. The monoisotopic (exact) mass is 315 g/mol. The van der Waals surface area contributed by atoms with Gasteiger partial charge in [0, 0.05) is 32.7 Å². The van der Waals surface area contributed by atoms with E-state index in [1.807, 2.05) is 12.1 Å². The summed E-state index contributed by atoms with van der Waals surface area (Å²) in [5, 5.41) is 0. The van der Waals surface area contributed by atoms with Crippen LogP contribution < -0.4 is 15.4 Å². The maximum atomic E-state index is 13.2. The summed E-state index contributed by atoms with van der Waals surface area (Å²) in [5.74, 6) is 0.592. The third-order valence-corrected chi connectivity index (χ3v) is 4.27. The van der Waals surface area contributed by atoms with E-state index in [1.54, 1.807) is 13.2 Å². The van der Waals surface area contributed by atoms with Crippen molar-refractivity contribution in [2.75, 3.05) is 43.9 Å². The Morgan fingerprint density at radius 3 is 2.35 bits per heavy atom. The highest BCUT2D eigenvalue weighted by Crippen LogP contribution is 2.25. The molecule has 0 radical (unpaired) electrons. The van der Waals surface area contributed by atoms with Gasteiger partial charge in [-0.15, -0.1) is 0 Å². The van der Waals surface area contributed by atoms with Gasteiger partial charge in [-0.05, 0) is 35.9 Å². The number of halogens is 1. The Morgan fingerprint density at radius 1 is 1.04 bits per heavy atom. The normalized spacial score (nSPS) is 15.7. The van der Waals surface area contributed by atoms with Crippen LogP contribution in [0.25, 0.3) is 0 Å². The molecular weight excluding hydrogens is 293 g/mol. The fourth-order valence-electron chi connectivity index (χ4n) is 2.95. The minimum Gasteiger partial charge on any atom is -0.497 e. The molecule has 1 heterocycles. The third kappa shape index (κ3) is 3.74. The van der Waals surface area contributed by atoms with E-state index in [-0.39, 0.29) is 5.82 Å². The molecule has 23 heavy (non-hydrogen) atoms. The average molecular weight is 315 g/mol. The Bertz CT molecular complexity index is 652. The first-order valence-electron chi connectivity index (χ1n) is 7.81. The predicted molar refractivity (Wildman–Crippen MR) is 91.3 cm³/mol. The highest BCUT2D eigenvalue weighted by atomic mass is 19.1. The molecule has 0 aromatic heterocycles. The van der Waals surface area contributed by atoms with E-state index in [9.17, 15) is 4.39 Å². The molecule has 2 aromatic carbocycles. The van der Waals surface area contributed by atoms with E-state index < -0.39 is 0 Å². The first kappa shape index (κ1) is 15.6. The van der Waals surface area contributed by atoms with Gasteiger partial charge in [0.1, 0.15) is 11.6 Å². The van der Waals surface area contributed by atoms with Crippen molar-refractivity contribution in [3.05, 3.63) is 53.8 Å². The largest absolute Gasteiger partial charge is 0.497 e. The lowest BCUT2D eigenvalue weighted by molar-refractivity contribution is 0.250. The SMILES string of the molecule is COc1ccc(CN2CCN(c3ccc(F)cc3N)CC2)cc1. The molecule has 0 aliphatic carbocycles. The predicted octanol–water partition coefficient (Wildman–Crippen LogP) is 2.74. The summed E-state index contributed by atoms with van der Waals surface area (Å²) in [6.45, 7) is 4.64. The molecule has 1 aliphatic heterocycles. The summed E-state index contributed by atoms with van der Waals surface area (Å²) in [6.07, 6.45) is 0. The Balaban J connectivity index is 1.57. The number of hydrogen-bond donors (Lipinski definition) is 1. The molecule has 4 nitrogen and oxygen atoms in total. The van der Waals surface area contributed by atoms with Crippen LogP contribution in [0.15, 0.2) is 42.5 Å². The Morgan fingerprint density at radius 2 is 1.74 bits per heavy atom. The van der Waals surface area contributed by atoms with E-state index in [2.05, 4.69) is 21.9 Å². The Kier molecular flexibility index (Phi) is 4.67. The number of ether oxygens (including phenoxy) is 1. The van der Waals surface area contributed by atoms with Crippen molar-refractivity contribution in [1.29, 1.82) is 0 Å². The molecule has 2 aromatic rings. The number of methoxy groups -OCH3 is 1. The van der Waals surface area contributed by atoms with Crippen LogP contribution in [0.2, 0.25) is 0 Å². The summed E-state index contributed by atoms with van der Waals surface area (Å²) in [4.78, 5) is 4.64. The van der Waals surface area contributed by atoms with Gasteiger partial charge in [0.15, 0.2) is 0 Å². The van der Waals surface area contributed by atoms with Crippen molar-refractivity contribution in [3.63, 3.8) is 0 Å². The zero-order valence-electron chi connectivity index (χ0n) is 13.3. The number of anilines is 2. The highest BCUT2D eigenvalue weighted by Gasteiger charge is 2.19. The fraction of sp³-hybridized carbons (Fsp3) is 0.333. The summed E-state index contributed by atoms with van der Waals surface area (Å²) in [5.41, 5.74) is 8.64. The number of rotatable bonds is 4. The van der Waals surface area contributed by atoms with Crippen molar-refractivity contribution in [2.24, 2.45) is 0 Å². The number of benzene rings is 2. The lowest BCUT2D eigenvalue weighted by Gasteiger charge is -2.36. The quantitative estimate of drug-likeness (QED) is 0.881. The van der Waals surface area contributed by atoms with Crippen molar-refractivity contribution in [3.8, 4) is 5.75 Å². The van der Waals surface area contributed by atoms with Gasteiger partial charge in [-0.25, -0.2) is 4.39 Å². The molecule has 1 aliphatic rings. The second kappa shape index (κ2) is 6.87. The molecule has 0 saturated carbocycles. The zero-order chi connectivity index (χ0) is 16.2. The van der Waals surface area contributed by atoms with Gasteiger partial charge in [0.05, 0.1) is 18.5 Å². The summed E-state index contributed by atoms with van der Waals surface area (Å²) in [7, 11) is 1.68. The summed E-state index contributed by atoms with van der Waals surface area (Å²) < 4.78 is 18.3. The Labute approximate surface area is 136 Å². The minimum absolute atomic E-state index is 0.288. The number of nitrogens with two attached hydrogens (primary N) is 1. The molecule has 0 atom stereocenters. The fourth-order valence-corrected chi connectivity index (χ4v) is 2.95. The molecule has 2 N–H and O–H groups in total. The van der Waals surface area contributed by atoms with E-state index in [0.29, 0.717) is 5.69 Å². The summed E-state index contributed by atoms with van der Waals surface area (Å²) >= 11 is 0. The van der Waals surface area contributed by atoms with Crippen LogP contribution in [-0.4, -0.2) is 38.2 Å². The van der Waals surface area contributed by atoms with Crippen LogP contribution in [-0.2, 0) is 6.54 Å². The van der Waals surface area contributed by atoms with Crippen LogP contribution in [0.5, 0.6) is 5.75 Å². The van der Waals surface area contributed by atoms with Gasteiger partial charge in [-0.1, -0.05) is 12.1 Å². The lowest BCUT2D eigenvalue weighted by atomic mass is 10.1. The van der Waals surface area contributed by atoms with Gasteiger partial charge in [0.25, 0.3) is 0 Å². The molecule has 1 fully saturated rings. The smallest absolute Gasteiger partial charge is 0.125 e. The maximum Gasteiger partial charge on any atom is 0.125 e. The molecule has 0 spiro atoms. The number of nitrogen functional groups attached to an aromatic ring is 1. The number of piperazine rings is 1. The molecule has 5 heteroatoms. The van der Waals surface area contributed by atoms with Crippen LogP contribution in [0.4, 0.5) is 15.8 Å². The second-order valence-electron chi connectivity index (χ2n) is 5.81. The first-order valence-corrected chi connectivity index (χ1v) is 7.81. The van der Waals surface area contributed by atoms with E-state index in [1.165, 1.54) is 17.7 Å². The van der Waals surface area contributed by atoms with Crippen molar-refractivity contribution in [1.82, 2.24) is 4.90 Å². The van der Waals surface area contributed by atoms with Crippen molar-refractivity contribution in [2.45, 2.75) is 6.54 Å². The molecule has 0 bridgehead atoms. The van der Waals surface area contributed by atoms with Gasteiger partial charge >= 0.3 is 0 Å². The number of hydrogen-bond acceptors (Lipinski definition) is 4. The maximum absolute atomic E-state index is 13.2. The van der Waals surface area contributed by atoms with Crippen molar-refractivity contribution >= 4 is 11.4 Å². The molecule has 122 valence electrons.